The molecular weight excluding hydrogens is 356 g/mol. The molecule has 0 spiro atoms. The van der Waals surface area contributed by atoms with E-state index in [1.165, 1.54) is 7.11 Å². The van der Waals surface area contributed by atoms with Crippen molar-refractivity contribution in [2.75, 3.05) is 7.11 Å². The normalized spacial score (nSPS) is 10.6. The molecule has 0 bridgehead atoms. The molecule has 0 aliphatic rings. The number of ketones is 1. The molecule has 3 aromatic carbocycles. The second-order valence-corrected chi connectivity index (χ2v) is 6.52. The number of aromatic hydroxyl groups is 3. The van der Waals surface area contributed by atoms with Crippen LogP contribution in [-0.4, -0.2) is 28.2 Å². The molecule has 0 saturated heterocycles. The molecule has 3 N–H and O–H groups in total. The lowest BCUT2D eigenvalue weighted by Gasteiger charge is -2.17. The van der Waals surface area contributed by atoms with Crippen LogP contribution in [0.3, 0.4) is 0 Å². The number of para-hydroxylation sites is 1. The first-order valence-corrected chi connectivity index (χ1v) is 8.97. The predicted octanol–water partition coefficient (Wildman–Crippen LogP) is 4.22. The first-order chi connectivity index (χ1) is 13.5. The lowest BCUT2D eigenvalue weighted by Crippen LogP contribution is -2.07. The SMILES string of the molecule is COc1c(Cc2ccccc2O)c(O)cc(O)c1C(=O)CCc1ccccc1. The predicted molar refractivity (Wildman–Crippen MR) is 106 cm³/mol. The summed E-state index contributed by atoms with van der Waals surface area (Å²) < 4.78 is 5.40. The van der Waals surface area contributed by atoms with Crippen molar-refractivity contribution in [3.63, 3.8) is 0 Å². The van der Waals surface area contributed by atoms with E-state index in [-0.39, 0.29) is 47.2 Å². The smallest absolute Gasteiger partial charge is 0.170 e. The zero-order valence-electron chi connectivity index (χ0n) is 15.6. The average Bonchev–Trinajstić information content (AvgIpc) is 2.70. The van der Waals surface area contributed by atoms with Gasteiger partial charge in [0.15, 0.2) is 5.78 Å². The van der Waals surface area contributed by atoms with Crippen LogP contribution in [0.5, 0.6) is 23.0 Å². The molecule has 3 rings (SSSR count). The van der Waals surface area contributed by atoms with Crippen molar-refractivity contribution in [1.82, 2.24) is 0 Å². The standard InChI is InChI=1S/C23H22O5/c1-28-23-17(13-16-9-5-6-10-18(16)24)20(26)14-21(27)22(23)19(25)12-11-15-7-3-2-4-8-15/h2-10,14,24,26-27H,11-13H2,1H3. The highest BCUT2D eigenvalue weighted by atomic mass is 16.5. The van der Waals surface area contributed by atoms with E-state index in [0.717, 1.165) is 11.6 Å². The number of benzene rings is 3. The van der Waals surface area contributed by atoms with E-state index in [0.29, 0.717) is 17.5 Å². The van der Waals surface area contributed by atoms with Gasteiger partial charge < -0.3 is 20.1 Å². The maximum absolute atomic E-state index is 12.8. The van der Waals surface area contributed by atoms with Crippen LogP contribution in [0.15, 0.2) is 60.7 Å². The Bertz CT molecular complexity index is 980. The third kappa shape index (κ3) is 4.09. The third-order valence-electron chi connectivity index (χ3n) is 4.67. The number of Topliss-reactive ketones (excluding diaryl/α,β-unsaturated/α-hetero) is 1. The minimum atomic E-state index is -0.326. The Morgan fingerprint density at radius 1 is 0.893 bits per heavy atom. The van der Waals surface area contributed by atoms with E-state index < -0.39 is 0 Å². The highest BCUT2D eigenvalue weighted by Crippen LogP contribution is 2.41. The molecule has 0 amide bonds. The summed E-state index contributed by atoms with van der Waals surface area (Å²) in [5, 5.41) is 30.7. The van der Waals surface area contributed by atoms with Crippen LogP contribution < -0.4 is 4.74 Å². The van der Waals surface area contributed by atoms with Crippen molar-refractivity contribution < 1.29 is 24.9 Å². The van der Waals surface area contributed by atoms with Crippen LogP contribution in [0.1, 0.15) is 33.5 Å². The Labute approximate surface area is 163 Å². The van der Waals surface area contributed by atoms with Crippen molar-refractivity contribution in [2.24, 2.45) is 0 Å². The minimum Gasteiger partial charge on any atom is -0.508 e. The number of hydrogen-bond acceptors (Lipinski definition) is 5. The summed E-state index contributed by atoms with van der Waals surface area (Å²) in [4.78, 5) is 12.8. The number of phenols is 3. The molecule has 0 atom stereocenters. The lowest BCUT2D eigenvalue weighted by molar-refractivity contribution is 0.0977. The van der Waals surface area contributed by atoms with Crippen molar-refractivity contribution in [3.05, 3.63) is 82.9 Å². The summed E-state index contributed by atoms with van der Waals surface area (Å²) in [6, 6.07) is 17.5. The Morgan fingerprint density at radius 3 is 2.25 bits per heavy atom. The van der Waals surface area contributed by atoms with Gasteiger partial charge in [-0.25, -0.2) is 0 Å². The first-order valence-electron chi connectivity index (χ1n) is 8.97. The van der Waals surface area contributed by atoms with Gasteiger partial charge in [-0.15, -0.1) is 0 Å². The van der Waals surface area contributed by atoms with Gasteiger partial charge in [0.05, 0.1) is 7.11 Å². The third-order valence-corrected chi connectivity index (χ3v) is 4.67. The van der Waals surface area contributed by atoms with Gasteiger partial charge in [-0.3, -0.25) is 4.79 Å². The first kappa shape index (κ1) is 19.3. The van der Waals surface area contributed by atoms with Gasteiger partial charge in [-0.2, -0.15) is 0 Å². The summed E-state index contributed by atoms with van der Waals surface area (Å²) in [5.74, 6) is -0.602. The van der Waals surface area contributed by atoms with E-state index in [4.69, 9.17) is 4.74 Å². The molecule has 0 aliphatic carbocycles. The van der Waals surface area contributed by atoms with Crippen LogP contribution in [0.4, 0.5) is 0 Å². The number of rotatable bonds is 7. The number of aryl methyl sites for hydroxylation is 1. The maximum Gasteiger partial charge on any atom is 0.170 e. The molecule has 0 aliphatic heterocycles. The molecule has 0 fully saturated rings. The molecule has 3 aromatic rings. The van der Waals surface area contributed by atoms with Gasteiger partial charge in [0, 0.05) is 24.5 Å². The van der Waals surface area contributed by atoms with Gasteiger partial charge >= 0.3 is 0 Å². The van der Waals surface area contributed by atoms with Crippen molar-refractivity contribution in [1.29, 1.82) is 0 Å². The second-order valence-electron chi connectivity index (χ2n) is 6.52. The molecule has 0 saturated carbocycles. The fourth-order valence-corrected chi connectivity index (χ4v) is 3.22. The van der Waals surface area contributed by atoms with Gasteiger partial charge in [-0.05, 0) is 23.6 Å². The molecule has 28 heavy (non-hydrogen) atoms. The second kappa shape index (κ2) is 8.48. The molecule has 5 heteroatoms. The fourth-order valence-electron chi connectivity index (χ4n) is 3.22. The number of carbonyl (C=O) groups excluding carboxylic acids is 1. The average molecular weight is 378 g/mol. The molecule has 0 unspecified atom stereocenters. The Balaban J connectivity index is 1.94. The van der Waals surface area contributed by atoms with Crippen molar-refractivity contribution in [2.45, 2.75) is 19.3 Å². The molecule has 0 aromatic heterocycles. The Morgan fingerprint density at radius 2 is 1.57 bits per heavy atom. The summed E-state index contributed by atoms with van der Waals surface area (Å²) in [7, 11) is 1.39. The molecular formula is C23H22O5. The van der Waals surface area contributed by atoms with E-state index >= 15 is 0 Å². The topological polar surface area (TPSA) is 87.0 Å². The summed E-state index contributed by atoms with van der Waals surface area (Å²) in [6.45, 7) is 0. The molecule has 0 radical (unpaired) electrons. The van der Waals surface area contributed by atoms with E-state index in [2.05, 4.69) is 0 Å². The number of hydrogen-bond donors (Lipinski definition) is 3. The summed E-state index contributed by atoms with van der Waals surface area (Å²) >= 11 is 0. The summed E-state index contributed by atoms with van der Waals surface area (Å²) in [5.41, 5.74) is 1.97. The van der Waals surface area contributed by atoms with Crippen LogP contribution in [0.25, 0.3) is 0 Å². The van der Waals surface area contributed by atoms with Gasteiger partial charge in [0.1, 0.15) is 28.6 Å². The largest absolute Gasteiger partial charge is 0.508 e. The van der Waals surface area contributed by atoms with Crippen LogP contribution >= 0.6 is 0 Å². The van der Waals surface area contributed by atoms with Gasteiger partial charge in [0.25, 0.3) is 0 Å². The zero-order valence-corrected chi connectivity index (χ0v) is 15.6. The van der Waals surface area contributed by atoms with E-state index in [1.54, 1.807) is 24.3 Å². The van der Waals surface area contributed by atoms with Crippen LogP contribution in [0, 0.1) is 0 Å². The minimum absolute atomic E-state index is 0.0432. The fraction of sp³-hybridized carbons (Fsp3) is 0.174. The van der Waals surface area contributed by atoms with Crippen LogP contribution in [-0.2, 0) is 12.8 Å². The zero-order chi connectivity index (χ0) is 20.1. The highest BCUT2D eigenvalue weighted by Gasteiger charge is 2.24. The molecule has 0 heterocycles. The Hall–Kier alpha value is -3.47. The quantitative estimate of drug-likeness (QED) is 0.536. The van der Waals surface area contributed by atoms with Crippen LogP contribution in [0.2, 0.25) is 0 Å². The van der Waals surface area contributed by atoms with Gasteiger partial charge in [-0.1, -0.05) is 48.5 Å². The monoisotopic (exact) mass is 378 g/mol. The van der Waals surface area contributed by atoms with Crippen molar-refractivity contribution in [3.8, 4) is 23.0 Å². The Kier molecular flexibility index (Phi) is 5.84. The number of phenolic OH excluding ortho intramolecular Hbond substituents is 3. The maximum atomic E-state index is 12.8. The molecule has 5 nitrogen and oxygen atoms in total. The highest BCUT2D eigenvalue weighted by molar-refractivity contribution is 6.02. The van der Waals surface area contributed by atoms with Gasteiger partial charge in [0.2, 0.25) is 0 Å². The molecule has 144 valence electrons. The number of methoxy groups -OCH3 is 1. The van der Waals surface area contributed by atoms with E-state index in [1.807, 2.05) is 30.3 Å². The summed E-state index contributed by atoms with van der Waals surface area (Å²) in [6.07, 6.45) is 0.869. The lowest BCUT2D eigenvalue weighted by atomic mass is 9.95. The number of carbonyl (C=O) groups is 1. The number of ether oxygens (including phenoxy) is 1. The van der Waals surface area contributed by atoms with E-state index in [9.17, 15) is 20.1 Å². The van der Waals surface area contributed by atoms with Crippen molar-refractivity contribution >= 4 is 5.78 Å².